The Kier molecular flexibility index (Phi) is 7.32. The van der Waals surface area contributed by atoms with Gasteiger partial charge < -0.3 is 15.5 Å². The lowest BCUT2D eigenvalue weighted by Crippen LogP contribution is -2.38. The van der Waals surface area contributed by atoms with E-state index in [4.69, 9.17) is 18.0 Å². The van der Waals surface area contributed by atoms with E-state index in [2.05, 4.69) is 11.8 Å². The van der Waals surface area contributed by atoms with Gasteiger partial charge >= 0.3 is 0 Å². The third-order valence-corrected chi connectivity index (χ3v) is 3.49. The number of hydrogen-bond donors (Lipinski definition) is 1. The second kappa shape index (κ2) is 8.74. The molecule has 5 heteroatoms. The van der Waals surface area contributed by atoms with Crippen LogP contribution >= 0.6 is 12.2 Å². The number of carbonyl (C=O) groups is 1. The molecule has 0 aliphatic heterocycles. The highest BCUT2D eigenvalue weighted by Crippen LogP contribution is 2.07. The molecule has 0 aliphatic carbocycles. The Bertz CT molecular complexity index is 471. The second-order valence-corrected chi connectivity index (χ2v) is 5.86. The van der Waals surface area contributed by atoms with Crippen molar-refractivity contribution in [2.75, 3.05) is 33.7 Å². The molecule has 0 saturated carbocycles. The smallest absolute Gasteiger partial charge is 0.227 e. The summed E-state index contributed by atoms with van der Waals surface area (Å²) in [6.45, 7) is 4.54. The van der Waals surface area contributed by atoms with Crippen molar-refractivity contribution in [1.82, 2.24) is 9.80 Å². The lowest BCUT2D eigenvalue weighted by Gasteiger charge is -2.24. The number of rotatable bonds is 8. The topological polar surface area (TPSA) is 49.6 Å². The number of hydrogen-bond acceptors (Lipinski definition) is 3. The van der Waals surface area contributed by atoms with Gasteiger partial charge in [0.05, 0.1) is 6.42 Å². The summed E-state index contributed by atoms with van der Waals surface area (Å²) in [5, 5.41) is 0. The molecule has 116 valence electrons. The third kappa shape index (κ3) is 6.23. The van der Waals surface area contributed by atoms with Gasteiger partial charge in [-0.25, -0.2) is 0 Å². The zero-order valence-electron chi connectivity index (χ0n) is 13.1. The Morgan fingerprint density at radius 1 is 1.14 bits per heavy atom. The number of carbonyl (C=O) groups excluding carboxylic acids is 1. The second-order valence-electron chi connectivity index (χ2n) is 5.42. The molecule has 1 aromatic carbocycles. The maximum atomic E-state index is 12.4. The molecule has 0 heterocycles. The zero-order chi connectivity index (χ0) is 15.8. The van der Waals surface area contributed by atoms with Crippen LogP contribution in [0.15, 0.2) is 24.3 Å². The molecular formula is C16H25N3OS. The number of thiocarbonyl (C=S) groups is 1. The number of amides is 1. The van der Waals surface area contributed by atoms with Crippen LogP contribution < -0.4 is 5.73 Å². The van der Waals surface area contributed by atoms with Crippen LogP contribution in [0.2, 0.25) is 0 Å². The van der Waals surface area contributed by atoms with E-state index in [1.807, 2.05) is 43.3 Å². The highest BCUT2D eigenvalue weighted by Gasteiger charge is 2.13. The SMILES string of the molecule is CCCN(CCN(C)C)C(=O)Cc1ccc(C(N)=S)cc1. The number of benzene rings is 1. The number of likely N-dealkylation sites (N-methyl/N-ethyl adjacent to an activating group) is 1. The minimum Gasteiger partial charge on any atom is -0.389 e. The van der Waals surface area contributed by atoms with Crippen LogP contribution in [0.3, 0.4) is 0 Å². The van der Waals surface area contributed by atoms with E-state index in [0.717, 1.165) is 37.2 Å². The van der Waals surface area contributed by atoms with Gasteiger partial charge in [0.2, 0.25) is 5.91 Å². The van der Waals surface area contributed by atoms with Gasteiger partial charge in [0.1, 0.15) is 4.99 Å². The van der Waals surface area contributed by atoms with Crippen LogP contribution in [-0.2, 0) is 11.2 Å². The van der Waals surface area contributed by atoms with Crippen molar-refractivity contribution in [3.05, 3.63) is 35.4 Å². The lowest BCUT2D eigenvalue weighted by atomic mass is 10.1. The Hall–Kier alpha value is -1.46. The fourth-order valence-electron chi connectivity index (χ4n) is 2.03. The summed E-state index contributed by atoms with van der Waals surface area (Å²) in [5.41, 5.74) is 7.40. The summed E-state index contributed by atoms with van der Waals surface area (Å²) in [6.07, 6.45) is 1.39. The van der Waals surface area contributed by atoms with Gasteiger partial charge in [0, 0.05) is 25.2 Å². The lowest BCUT2D eigenvalue weighted by molar-refractivity contribution is -0.130. The van der Waals surface area contributed by atoms with Gasteiger partial charge in [-0.15, -0.1) is 0 Å². The molecule has 0 unspecified atom stereocenters. The maximum Gasteiger partial charge on any atom is 0.227 e. The molecule has 1 aromatic rings. The predicted octanol–water partition coefficient (Wildman–Crippen LogP) is 1.66. The molecule has 1 rings (SSSR count). The molecule has 0 fully saturated rings. The van der Waals surface area contributed by atoms with E-state index in [0.29, 0.717) is 11.4 Å². The van der Waals surface area contributed by atoms with Gasteiger partial charge in [-0.2, -0.15) is 0 Å². The first-order valence-corrected chi connectivity index (χ1v) is 7.66. The maximum absolute atomic E-state index is 12.4. The molecule has 4 nitrogen and oxygen atoms in total. The Morgan fingerprint density at radius 3 is 2.24 bits per heavy atom. The summed E-state index contributed by atoms with van der Waals surface area (Å²) in [4.78, 5) is 16.8. The molecule has 0 atom stereocenters. The van der Waals surface area contributed by atoms with Gasteiger partial charge in [0.15, 0.2) is 0 Å². The molecule has 0 saturated heterocycles. The van der Waals surface area contributed by atoms with Crippen LogP contribution in [-0.4, -0.2) is 54.4 Å². The van der Waals surface area contributed by atoms with Crippen LogP contribution in [0.5, 0.6) is 0 Å². The molecule has 21 heavy (non-hydrogen) atoms. The fourth-order valence-corrected chi connectivity index (χ4v) is 2.16. The summed E-state index contributed by atoms with van der Waals surface area (Å²) in [6, 6.07) is 7.58. The summed E-state index contributed by atoms with van der Waals surface area (Å²) in [5.74, 6) is 0.168. The van der Waals surface area contributed by atoms with Gasteiger partial charge in [0.25, 0.3) is 0 Å². The minimum absolute atomic E-state index is 0.168. The molecule has 0 aliphatic rings. The van der Waals surface area contributed by atoms with Crippen molar-refractivity contribution in [2.24, 2.45) is 5.73 Å². The minimum atomic E-state index is 0.168. The molecule has 2 N–H and O–H groups in total. The molecular weight excluding hydrogens is 282 g/mol. The fraction of sp³-hybridized carbons (Fsp3) is 0.500. The van der Waals surface area contributed by atoms with E-state index < -0.39 is 0 Å². The first kappa shape index (κ1) is 17.6. The van der Waals surface area contributed by atoms with Crippen LogP contribution in [0.4, 0.5) is 0 Å². The molecule has 0 spiro atoms. The van der Waals surface area contributed by atoms with Crippen LogP contribution in [0.1, 0.15) is 24.5 Å². The van der Waals surface area contributed by atoms with E-state index in [-0.39, 0.29) is 5.91 Å². The van der Waals surface area contributed by atoms with Crippen LogP contribution in [0.25, 0.3) is 0 Å². The van der Waals surface area contributed by atoms with Crippen LogP contribution in [0, 0.1) is 0 Å². The normalized spacial score (nSPS) is 10.7. The van der Waals surface area contributed by atoms with Gasteiger partial charge in [-0.1, -0.05) is 43.4 Å². The van der Waals surface area contributed by atoms with Crippen molar-refractivity contribution >= 4 is 23.1 Å². The van der Waals surface area contributed by atoms with E-state index in [1.54, 1.807) is 0 Å². The Balaban J connectivity index is 2.65. The molecule has 0 bridgehead atoms. The van der Waals surface area contributed by atoms with Crippen molar-refractivity contribution < 1.29 is 4.79 Å². The Morgan fingerprint density at radius 2 is 1.76 bits per heavy atom. The van der Waals surface area contributed by atoms with E-state index in [1.165, 1.54) is 0 Å². The summed E-state index contributed by atoms with van der Waals surface area (Å²) in [7, 11) is 4.03. The molecule has 1 amide bonds. The van der Waals surface area contributed by atoms with Crippen molar-refractivity contribution in [3.63, 3.8) is 0 Å². The third-order valence-electron chi connectivity index (χ3n) is 3.26. The average molecular weight is 307 g/mol. The predicted molar refractivity (Wildman–Crippen MR) is 91.5 cm³/mol. The largest absolute Gasteiger partial charge is 0.389 e. The quantitative estimate of drug-likeness (QED) is 0.742. The highest BCUT2D eigenvalue weighted by atomic mass is 32.1. The Labute approximate surface area is 132 Å². The van der Waals surface area contributed by atoms with Gasteiger partial charge in [-0.3, -0.25) is 4.79 Å². The standard InChI is InChI=1S/C16H25N3OS/c1-4-9-19(11-10-18(2)3)15(20)12-13-5-7-14(8-6-13)16(17)21/h5-8H,4,9-12H2,1-3H3,(H2,17,21). The molecule has 0 aromatic heterocycles. The van der Waals surface area contributed by atoms with Crippen molar-refractivity contribution in [3.8, 4) is 0 Å². The average Bonchev–Trinajstić information content (AvgIpc) is 2.43. The number of nitrogens with zero attached hydrogens (tertiary/aromatic N) is 2. The van der Waals surface area contributed by atoms with E-state index >= 15 is 0 Å². The number of nitrogens with two attached hydrogens (primary N) is 1. The van der Waals surface area contributed by atoms with Crippen molar-refractivity contribution in [1.29, 1.82) is 0 Å². The van der Waals surface area contributed by atoms with E-state index in [9.17, 15) is 4.79 Å². The molecule has 0 radical (unpaired) electrons. The summed E-state index contributed by atoms with van der Waals surface area (Å²) < 4.78 is 0. The van der Waals surface area contributed by atoms with Gasteiger partial charge in [-0.05, 0) is 26.1 Å². The first-order chi connectivity index (χ1) is 9.93. The highest BCUT2D eigenvalue weighted by molar-refractivity contribution is 7.80. The monoisotopic (exact) mass is 307 g/mol. The first-order valence-electron chi connectivity index (χ1n) is 7.25. The zero-order valence-corrected chi connectivity index (χ0v) is 13.9. The van der Waals surface area contributed by atoms with Crippen molar-refractivity contribution in [2.45, 2.75) is 19.8 Å². The summed E-state index contributed by atoms with van der Waals surface area (Å²) >= 11 is 4.93.